The first-order chi connectivity index (χ1) is 6.74. The molecule has 0 aliphatic heterocycles. The monoisotopic (exact) mass is 272 g/mol. The third-order valence-corrected chi connectivity index (χ3v) is 3.62. The summed E-state index contributed by atoms with van der Waals surface area (Å²) in [6.45, 7) is 4.82. The van der Waals surface area contributed by atoms with E-state index in [0.717, 1.165) is 21.8 Å². The van der Waals surface area contributed by atoms with Crippen LogP contribution in [-0.2, 0) is 0 Å². The predicted octanol–water partition coefficient (Wildman–Crippen LogP) is 2.71. The Morgan fingerprint density at radius 2 is 2.50 bits per heavy atom. The van der Waals surface area contributed by atoms with Crippen LogP contribution in [0.15, 0.2) is 40.0 Å². The molecule has 1 heterocycles. The van der Waals surface area contributed by atoms with Gasteiger partial charge in [-0.2, -0.15) is 0 Å². The Balaban J connectivity index is 2.46. The van der Waals surface area contributed by atoms with Crippen LogP contribution >= 0.6 is 27.7 Å². The van der Waals surface area contributed by atoms with Crippen LogP contribution in [0.3, 0.4) is 0 Å². The molecule has 1 aromatic heterocycles. The zero-order valence-corrected chi connectivity index (χ0v) is 10.5. The van der Waals surface area contributed by atoms with Gasteiger partial charge in [0.25, 0.3) is 0 Å². The summed E-state index contributed by atoms with van der Waals surface area (Å²) in [5, 5.41) is 4.09. The molecule has 0 saturated carbocycles. The lowest BCUT2D eigenvalue weighted by Crippen LogP contribution is -2.10. The van der Waals surface area contributed by atoms with Crippen molar-refractivity contribution < 1.29 is 0 Å². The standard InChI is InChI=1S/C10H13BrN2S/c1-8(6-12-2)7-14-10-9(11)4-3-5-13-10/h3-5,12H,1,6-7H2,2H3. The molecule has 0 spiro atoms. The van der Waals surface area contributed by atoms with Crippen molar-refractivity contribution in [3.8, 4) is 0 Å². The summed E-state index contributed by atoms with van der Waals surface area (Å²) in [5.74, 6) is 0.899. The summed E-state index contributed by atoms with van der Waals surface area (Å²) >= 11 is 5.15. The van der Waals surface area contributed by atoms with Crippen molar-refractivity contribution in [2.24, 2.45) is 0 Å². The number of pyridine rings is 1. The van der Waals surface area contributed by atoms with Gasteiger partial charge in [-0.1, -0.05) is 12.2 Å². The van der Waals surface area contributed by atoms with E-state index in [-0.39, 0.29) is 0 Å². The second-order valence-corrected chi connectivity index (χ2v) is 4.68. The highest BCUT2D eigenvalue weighted by Gasteiger charge is 2.01. The number of likely N-dealkylation sites (N-methyl/N-ethyl adjacent to an activating group) is 1. The van der Waals surface area contributed by atoms with Crippen molar-refractivity contribution in [1.29, 1.82) is 0 Å². The summed E-state index contributed by atoms with van der Waals surface area (Å²) in [7, 11) is 1.92. The molecular weight excluding hydrogens is 260 g/mol. The highest BCUT2D eigenvalue weighted by atomic mass is 79.9. The van der Waals surface area contributed by atoms with Gasteiger partial charge >= 0.3 is 0 Å². The van der Waals surface area contributed by atoms with Crippen LogP contribution in [-0.4, -0.2) is 24.3 Å². The molecular formula is C10H13BrN2S. The van der Waals surface area contributed by atoms with Gasteiger partial charge in [0.1, 0.15) is 5.03 Å². The fourth-order valence-electron chi connectivity index (χ4n) is 0.949. The van der Waals surface area contributed by atoms with Gasteiger partial charge in [-0.25, -0.2) is 4.98 Å². The van der Waals surface area contributed by atoms with Crippen molar-refractivity contribution in [2.75, 3.05) is 19.3 Å². The van der Waals surface area contributed by atoms with E-state index in [1.165, 1.54) is 5.57 Å². The van der Waals surface area contributed by atoms with Gasteiger partial charge in [-0.05, 0) is 35.1 Å². The van der Waals surface area contributed by atoms with Crippen molar-refractivity contribution in [3.05, 3.63) is 35.0 Å². The second-order valence-electron chi connectivity index (χ2n) is 2.86. The first-order valence-corrected chi connectivity index (χ1v) is 6.06. The maximum Gasteiger partial charge on any atom is 0.110 e. The lowest BCUT2D eigenvalue weighted by Gasteiger charge is -2.05. The Kier molecular flexibility index (Phi) is 5.22. The minimum atomic E-state index is 0.859. The number of thioether (sulfide) groups is 1. The molecule has 0 bridgehead atoms. The first-order valence-electron chi connectivity index (χ1n) is 4.28. The van der Waals surface area contributed by atoms with Crippen LogP contribution < -0.4 is 5.32 Å². The number of rotatable bonds is 5. The Morgan fingerprint density at radius 3 is 3.14 bits per heavy atom. The van der Waals surface area contributed by atoms with Gasteiger partial charge in [0, 0.05) is 23.0 Å². The summed E-state index contributed by atoms with van der Waals surface area (Å²) in [6.07, 6.45) is 1.80. The van der Waals surface area contributed by atoms with Crippen molar-refractivity contribution in [3.63, 3.8) is 0 Å². The van der Waals surface area contributed by atoms with Crippen LogP contribution in [0.5, 0.6) is 0 Å². The fraction of sp³-hybridized carbons (Fsp3) is 0.300. The fourth-order valence-corrected chi connectivity index (χ4v) is 2.33. The molecule has 1 N–H and O–H groups in total. The molecule has 0 aliphatic rings. The van der Waals surface area contributed by atoms with Gasteiger partial charge in [0.15, 0.2) is 0 Å². The number of nitrogens with zero attached hydrogens (tertiary/aromatic N) is 1. The second kappa shape index (κ2) is 6.22. The Bertz CT molecular complexity index is 315. The number of nitrogens with one attached hydrogen (secondary N) is 1. The molecule has 0 atom stereocenters. The molecule has 0 radical (unpaired) electrons. The van der Waals surface area contributed by atoms with Crippen molar-refractivity contribution >= 4 is 27.7 Å². The van der Waals surface area contributed by atoms with E-state index in [0.29, 0.717) is 0 Å². The van der Waals surface area contributed by atoms with Crippen LogP contribution in [0.2, 0.25) is 0 Å². The quantitative estimate of drug-likeness (QED) is 0.659. The molecule has 4 heteroatoms. The Labute approximate surface area is 97.3 Å². The van der Waals surface area contributed by atoms with Gasteiger partial charge in [-0.15, -0.1) is 11.8 Å². The maximum atomic E-state index is 4.26. The maximum absolute atomic E-state index is 4.26. The number of hydrogen-bond donors (Lipinski definition) is 1. The number of hydrogen-bond acceptors (Lipinski definition) is 3. The smallest absolute Gasteiger partial charge is 0.110 e. The molecule has 0 aromatic carbocycles. The largest absolute Gasteiger partial charge is 0.316 e. The highest BCUT2D eigenvalue weighted by molar-refractivity contribution is 9.10. The van der Waals surface area contributed by atoms with Crippen LogP contribution in [0.25, 0.3) is 0 Å². The topological polar surface area (TPSA) is 24.9 Å². The van der Waals surface area contributed by atoms with Crippen LogP contribution in [0.1, 0.15) is 0 Å². The van der Waals surface area contributed by atoms with Gasteiger partial charge in [0.05, 0.1) is 0 Å². The zero-order chi connectivity index (χ0) is 10.4. The normalized spacial score (nSPS) is 10.1. The molecule has 1 rings (SSSR count). The molecule has 0 fully saturated rings. The van der Waals surface area contributed by atoms with Gasteiger partial charge < -0.3 is 5.32 Å². The molecule has 76 valence electrons. The molecule has 0 amide bonds. The van der Waals surface area contributed by atoms with Gasteiger partial charge in [-0.3, -0.25) is 0 Å². The molecule has 0 unspecified atom stereocenters. The van der Waals surface area contributed by atoms with E-state index in [4.69, 9.17) is 0 Å². The molecule has 14 heavy (non-hydrogen) atoms. The van der Waals surface area contributed by atoms with Crippen molar-refractivity contribution in [1.82, 2.24) is 10.3 Å². The van der Waals surface area contributed by atoms with Gasteiger partial charge in [0.2, 0.25) is 0 Å². The third kappa shape index (κ3) is 3.82. The van der Waals surface area contributed by atoms with Crippen LogP contribution in [0.4, 0.5) is 0 Å². The van der Waals surface area contributed by atoms with E-state index in [1.54, 1.807) is 18.0 Å². The lowest BCUT2D eigenvalue weighted by atomic mass is 10.3. The lowest BCUT2D eigenvalue weighted by molar-refractivity contribution is 0.885. The van der Waals surface area contributed by atoms with E-state index >= 15 is 0 Å². The number of halogens is 1. The van der Waals surface area contributed by atoms with Crippen molar-refractivity contribution in [2.45, 2.75) is 5.03 Å². The molecule has 0 aliphatic carbocycles. The van der Waals surface area contributed by atoms with E-state index < -0.39 is 0 Å². The average molecular weight is 273 g/mol. The first kappa shape index (κ1) is 11.8. The van der Waals surface area contributed by atoms with E-state index in [9.17, 15) is 0 Å². The summed E-state index contributed by atoms with van der Waals surface area (Å²) in [6, 6.07) is 3.91. The van der Waals surface area contributed by atoms with Crippen LogP contribution in [0, 0.1) is 0 Å². The molecule has 2 nitrogen and oxygen atoms in total. The minimum Gasteiger partial charge on any atom is -0.316 e. The third-order valence-electron chi connectivity index (χ3n) is 1.56. The predicted molar refractivity (Wildman–Crippen MR) is 65.7 cm³/mol. The summed E-state index contributed by atoms with van der Waals surface area (Å²) in [5.41, 5.74) is 1.18. The Hall–Kier alpha value is -0.320. The minimum absolute atomic E-state index is 0.859. The zero-order valence-electron chi connectivity index (χ0n) is 8.09. The average Bonchev–Trinajstić information content (AvgIpc) is 2.17. The number of aromatic nitrogens is 1. The SMILES string of the molecule is C=C(CNC)CSc1ncccc1Br. The molecule has 0 saturated heterocycles. The van der Waals surface area contributed by atoms with E-state index in [2.05, 4.69) is 32.8 Å². The molecule has 1 aromatic rings. The highest BCUT2D eigenvalue weighted by Crippen LogP contribution is 2.25. The summed E-state index contributed by atoms with van der Waals surface area (Å²) < 4.78 is 1.04. The summed E-state index contributed by atoms with van der Waals surface area (Å²) in [4.78, 5) is 4.26. The Morgan fingerprint density at radius 1 is 1.71 bits per heavy atom. The van der Waals surface area contributed by atoms with E-state index in [1.807, 2.05) is 19.2 Å².